The molecule has 0 spiro atoms. The van der Waals surface area contributed by atoms with Crippen molar-refractivity contribution in [2.24, 2.45) is 5.92 Å². The summed E-state index contributed by atoms with van der Waals surface area (Å²) in [6, 6.07) is -0.136. The fourth-order valence-corrected chi connectivity index (χ4v) is 5.54. The van der Waals surface area contributed by atoms with E-state index in [-0.39, 0.29) is 30.2 Å². The van der Waals surface area contributed by atoms with Crippen LogP contribution in [0, 0.1) is 5.92 Å². The third kappa shape index (κ3) is 8.47. The molecule has 0 aromatic rings. The molecule has 11 heteroatoms. The molecule has 0 radical (unpaired) electrons. The van der Waals surface area contributed by atoms with Crippen LogP contribution >= 0.6 is 0 Å². The molecule has 4 amide bonds. The van der Waals surface area contributed by atoms with Crippen LogP contribution in [0.3, 0.4) is 0 Å². The van der Waals surface area contributed by atoms with Crippen molar-refractivity contribution in [3.05, 3.63) is 0 Å². The number of piperidine rings is 2. The third-order valence-electron chi connectivity index (χ3n) is 7.72. The van der Waals surface area contributed by atoms with Crippen LogP contribution in [0.25, 0.3) is 0 Å². The van der Waals surface area contributed by atoms with Gasteiger partial charge in [-0.3, -0.25) is 4.79 Å². The Morgan fingerprint density at radius 3 is 2.00 bits per heavy atom. The van der Waals surface area contributed by atoms with E-state index in [4.69, 9.17) is 14.2 Å². The summed E-state index contributed by atoms with van der Waals surface area (Å²) in [4.78, 5) is 52.6. The fourth-order valence-electron chi connectivity index (χ4n) is 5.54. The summed E-state index contributed by atoms with van der Waals surface area (Å²) >= 11 is 0. The summed E-state index contributed by atoms with van der Waals surface area (Å²) in [6.45, 7) is 10.4. The van der Waals surface area contributed by atoms with Gasteiger partial charge in [-0.15, -0.1) is 0 Å². The van der Waals surface area contributed by atoms with E-state index < -0.39 is 17.1 Å². The number of amides is 4. The van der Waals surface area contributed by atoms with Gasteiger partial charge < -0.3 is 34.6 Å². The highest BCUT2D eigenvalue weighted by molar-refractivity contribution is 5.87. The average molecular weight is 539 g/mol. The van der Waals surface area contributed by atoms with Crippen LogP contribution < -0.4 is 10.6 Å². The van der Waals surface area contributed by atoms with Gasteiger partial charge in [0.25, 0.3) is 0 Å². The van der Waals surface area contributed by atoms with E-state index in [1.54, 1.807) is 4.90 Å². The maximum atomic E-state index is 12.9. The topological polar surface area (TPSA) is 127 Å². The zero-order chi connectivity index (χ0) is 27.9. The molecular weight excluding hydrogens is 492 g/mol. The molecule has 0 aromatic heterocycles. The van der Waals surface area contributed by atoms with E-state index in [9.17, 15) is 19.2 Å². The minimum absolute atomic E-state index is 0.0467. The molecule has 2 N–H and O–H groups in total. The van der Waals surface area contributed by atoms with E-state index in [2.05, 4.69) is 10.6 Å². The molecule has 38 heavy (non-hydrogen) atoms. The lowest BCUT2D eigenvalue weighted by molar-refractivity contribution is -0.152. The Balaban J connectivity index is 1.33. The van der Waals surface area contributed by atoms with Gasteiger partial charge in [0.05, 0.1) is 13.2 Å². The predicted octanol–water partition coefficient (Wildman–Crippen LogP) is 2.81. The predicted molar refractivity (Wildman–Crippen MR) is 140 cm³/mol. The molecule has 0 aromatic carbocycles. The average Bonchev–Trinajstić information content (AvgIpc) is 2.87. The van der Waals surface area contributed by atoms with Crippen LogP contribution in [0.2, 0.25) is 0 Å². The first kappa shape index (κ1) is 30.0. The fraction of sp³-hybridized carbons (Fsp3) is 0.852. The van der Waals surface area contributed by atoms with Gasteiger partial charge in [-0.05, 0) is 78.1 Å². The molecule has 2 heterocycles. The lowest BCUT2D eigenvalue weighted by atomic mass is 9.79. The van der Waals surface area contributed by atoms with Gasteiger partial charge in [0.2, 0.25) is 5.91 Å². The number of esters is 1. The summed E-state index contributed by atoms with van der Waals surface area (Å²) in [5, 5.41) is 5.87. The Bertz CT molecular complexity index is 835. The highest BCUT2D eigenvalue weighted by Crippen LogP contribution is 2.30. The Hall–Kier alpha value is -2.56. The molecule has 0 atom stereocenters. The number of rotatable bonds is 6. The van der Waals surface area contributed by atoms with Crippen molar-refractivity contribution in [3.8, 4) is 0 Å². The van der Waals surface area contributed by atoms with Crippen molar-refractivity contribution in [3.63, 3.8) is 0 Å². The van der Waals surface area contributed by atoms with E-state index in [0.717, 1.165) is 25.7 Å². The molecule has 3 fully saturated rings. The van der Waals surface area contributed by atoms with Crippen LogP contribution in [0.15, 0.2) is 0 Å². The molecule has 3 aliphatic rings. The third-order valence-corrected chi connectivity index (χ3v) is 7.72. The van der Waals surface area contributed by atoms with Gasteiger partial charge in [0, 0.05) is 45.8 Å². The molecule has 11 nitrogen and oxygen atoms in total. The first-order valence-corrected chi connectivity index (χ1v) is 13.9. The van der Waals surface area contributed by atoms with E-state index in [1.807, 2.05) is 25.7 Å². The van der Waals surface area contributed by atoms with Crippen molar-refractivity contribution in [1.82, 2.24) is 20.4 Å². The summed E-state index contributed by atoms with van der Waals surface area (Å²) in [7, 11) is 1.32. The standard InChI is InChI=1S/C27H46N4O7/c1-19(32)29-27(23(33)36-5)12-6-21(7-13-27)28-24(34)30-16-10-22(11-17-30)37-18-20-8-14-31(15-9-20)25(35)38-26(2,3)4/h20-22H,6-18H2,1-5H3,(H,28,34)(H,29,32)/t21-,27+. The Morgan fingerprint density at radius 2 is 1.47 bits per heavy atom. The maximum Gasteiger partial charge on any atom is 0.410 e. The lowest BCUT2D eigenvalue weighted by Crippen LogP contribution is -2.59. The monoisotopic (exact) mass is 538 g/mol. The first-order chi connectivity index (χ1) is 17.9. The van der Waals surface area contributed by atoms with Gasteiger partial charge in [-0.25, -0.2) is 14.4 Å². The molecule has 216 valence electrons. The van der Waals surface area contributed by atoms with Crippen molar-refractivity contribution >= 4 is 24.0 Å². The normalized spacial score (nSPS) is 25.4. The summed E-state index contributed by atoms with van der Waals surface area (Å²) in [5.74, 6) is -0.279. The molecule has 0 unspecified atom stereocenters. The van der Waals surface area contributed by atoms with Crippen molar-refractivity contribution in [2.45, 2.75) is 102 Å². The smallest absolute Gasteiger partial charge is 0.410 e. The van der Waals surface area contributed by atoms with Crippen LogP contribution in [0.5, 0.6) is 0 Å². The number of hydrogen-bond acceptors (Lipinski definition) is 7. The number of nitrogens with zero attached hydrogens (tertiary/aromatic N) is 2. The second-order valence-corrected chi connectivity index (χ2v) is 11.9. The number of urea groups is 1. The minimum atomic E-state index is -1.01. The first-order valence-electron chi connectivity index (χ1n) is 13.9. The van der Waals surface area contributed by atoms with E-state index in [1.165, 1.54) is 14.0 Å². The van der Waals surface area contributed by atoms with Gasteiger partial charge >= 0.3 is 18.1 Å². The molecule has 0 bridgehead atoms. The largest absolute Gasteiger partial charge is 0.467 e. The number of methoxy groups -OCH3 is 1. The number of likely N-dealkylation sites (tertiary alicyclic amines) is 2. The molecule has 1 aliphatic carbocycles. The van der Waals surface area contributed by atoms with Crippen LogP contribution in [-0.2, 0) is 23.8 Å². The van der Waals surface area contributed by atoms with Crippen molar-refractivity contribution < 1.29 is 33.4 Å². The Morgan fingerprint density at radius 1 is 0.895 bits per heavy atom. The van der Waals surface area contributed by atoms with Crippen LogP contribution in [-0.4, -0.2) is 97.0 Å². The maximum absolute atomic E-state index is 12.9. The SMILES string of the molecule is COC(=O)[C@]1(NC(C)=O)CC[C@@H](NC(=O)N2CCC(OCC3CCN(C(=O)OC(C)(C)C)CC3)CC2)CC1. The highest BCUT2D eigenvalue weighted by Gasteiger charge is 2.44. The zero-order valence-corrected chi connectivity index (χ0v) is 23.7. The molecule has 2 aliphatic heterocycles. The van der Waals surface area contributed by atoms with E-state index >= 15 is 0 Å². The van der Waals surface area contributed by atoms with Gasteiger partial charge in [0.15, 0.2) is 0 Å². The quantitative estimate of drug-likeness (QED) is 0.498. The minimum Gasteiger partial charge on any atom is -0.467 e. The van der Waals surface area contributed by atoms with Crippen LogP contribution in [0.1, 0.15) is 79.1 Å². The molecule has 2 saturated heterocycles. The van der Waals surface area contributed by atoms with Crippen LogP contribution in [0.4, 0.5) is 9.59 Å². The van der Waals surface area contributed by atoms with Crippen molar-refractivity contribution in [1.29, 1.82) is 0 Å². The molecular formula is C27H46N4O7. The highest BCUT2D eigenvalue weighted by atomic mass is 16.6. The van der Waals surface area contributed by atoms with Gasteiger partial charge in [-0.2, -0.15) is 0 Å². The number of carbonyl (C=O) groups is 4. The Labute approximate surface area is 226 Å². The van der Waals surface area contributed by atoms with Gasteiger partial charge in [-0.1, -0.05) is 0 Å². The number of hydrogen-bond donors (Lipinski definition) is 2. The summed E-state index contributed by atoms with van der Waals surface area (Å²) in [5.41, 5.74) is -1.49. The summed E-state index contributed by atoms with van der Waals surface area (Å²) in [6.07, 6.45) is 5.32. The van der Waals surface area contributed by atoms with E-state index in [0.29, 0.717) is 64.4 Å². The zero-order valence-electron chi connectivity index (χ0n) is 23.7. The van der Waals surface area contributed by atoms with Crippen molar-refractivity contribution in [2.75, 3.05) is 39.9 Å². The second-order valence-electron chi connectivity index (χ2n) is 11.9. The number of ether oxygens (including phenoxy) is 3. The van der Waals surface area contributed by atoms with Gasteiger partial charge in [0.1, 0.15) is 11.1 Å². The number of nitrogens with one attached hydrogen (secondary N) is 2. The lowest BCUT2D eigenvalue weighted by Gasteiger charge is -2.39. The Kier molecular flexibility index (Phi) is 10.3. The molecule has 3 rings (SSSR count). The second kappa shape index (κ2) is 13.0. The number of carbonyl (C=O) groups excluding carboxylic acids is 4. The molecule has 1 saturated carbocycles. The summed E-state index contributed by atoms with van der Waals surface area (Å²) < 4.78 is 16.6.